The molecule has 4 rings (SSSR count). The highest BCUT2D eigenvalue weighted by Crippen LogP contribution is 2.32. The molecule has 8 heteroatoms. The molecule has 1 saturated heterocycles. The van der Waals surface area contributed by atoms with Crippen molar-refractivity contribution in [3.05, 3.63) is 66.0 Å². The third kappa shape index (κ3) is 5.39. The van der Waals surface area contributed by atoms with E-state index in [1.807, 2.05) is 49.4 Å². The Hall–Kier alpha value is -3.81. The van der Waals surface area contributed by atoms with Gasteiger partial charge in [0.15, 0.2) is 5.82 Å². The average Bonchev–Trinajstić information content (AvgIpc) is 2.88. The minimum atomic E-state index is -0.168. The lowest BCUT2D eigenvalue weighted by Gasteiger charge is -2.33. The van der Waals surface area contributed by atoms with Crippen LogP contribution in [0.25, 0.3) is 0 Å². The molecule has 1 atom stereocenters. The van der Waals surface area contributed by atoms with Gasteiger partial charge in [-0.1, -0.05) is 18.2 Å². The van der Waals surface area contributed by atoms with Crippen molar-refractivity contribution in [2.75, 3.05) is 32.2 Å². The van der Waals surface area contributed by atoms with Crippen LogP contribution in [0.2, 0.25) is 0 Å². The van der Waals surface area contributed by atoms with E-state index in [-0.39, 0.29) is 11.8 Å². The Morgan fingerprint density at radius 3 is 2.71 bits per heavy atom. The molecule has 1 aromatic heterocycles. The van der Waals surface area contributed by atoms with Gasteiger partial charge in [-0.05, 0) is 49.6 Å². The maximum atomic E-state index is 13.0. The molecule has 1 amide bonds. The molecule has 1 fully saturated rings. The van der Waals surface area contributed by atoms with E-state index >= 15 is 0 Å². The standard InChI is InChI=1S/C26H30N4O4/c1-18-7-4-5-9-22(18)34-26-24(27-12-13-28-26)30-14-6-8-19(17-30)25(31)29-16-20-15-21(32-2)10-11-23(20)33-3/h4-5,7,9-13,15,19H,6,8,14,16-17H2,1-3H3,(H,29,31)/t19-/m0/s1. The van der Waals surface area contributed by atoms with Crippen LogP contribution in [0, 0.1) is 12.8 Å². The number of nitrogens with zero attached hydrogens (tertiary/aromatic N) is 3. The predicted octanol–water partition coefficient (Wildman–Crippen LogP) is 4.13. The van der Waals surface area contributed by atoms with Gasteiger partial charge in [0.05, 0.1) is 20.1 Å². The summed E-state index contributed by atoms with van der Waals surface area (Å²) in [5.41, 5.74) is 1.88. The van der Waals surface area contributed by atoms with Crippen LogP contribution in [0.4, 0.5) is 5.82 Å². The van der Waals surface area contributed by atoms with Gasteiger partial charge in [-0.2, -0.15) is 0 Å². The van der Waals surface area contributed by atoms with E-state index in [9.17, 15) is 4.79 Å². The lowest BCUT2D eigenvalue weighted by atomic mass is 9.97. The quantitative estimate of drug-likeness (QED) is 0.539. The van der Waals surface area contributed by atoms with Crippen LogP contribution in [0.1, 0.15) is 24.0 Å². The Morgan fingerprint density at radius 1 is 1.09 bits per heavy atom. The zero-order valence-corrected chi connectivity index (χ0v) is 19.8. The summed E-state index contributed by atoms with van der Waals surface area (Å²) >= 11 is 0. The van der Waals surface area contributed by atoms with Crippen LogP contribution in [0.5, 0.6) is 23.1 Å². The maximum absolute atomic E-state index is 13.0. The number of amides is 1. The fourth-order valence-corrected chi connectivity index (χ4v) is 4.11. The Bertz CT molecular complexity index is 1140. The molecule has 0 unspecified atom stereocenters. The monoisotopic (exact) mass is 462 g/mol. The number of aryl methyl sites for hydroxylation is 1. The van der Waals surface area contributed by atoms with E-state index in [1.54, 1.807) is 26.6 Å². The van der Waals surface area contributed by atoms with Crippen LogP contribution >= 0.6 is 0 Å². The SMILES string of the molecule is COc1ccc(OC)c(CNC(=O)[C@H]2CCCN(c3nccnc3Oc3ccccc3C)C2)c1. The molecule has 178 valence electrons. The van der Waals surface area contributed by atoms with Gasteiger partial charge in [-0.25, -0.2) is 9.97 Å². The Labute approximate surface area is 199 Å². The van der Waals surface area contributed by atoms with Crippen molar-refractivity contribution in [1.82, 2.24) is 15.3 Å². The fourth-order valence-electron chi connectivity index (χ4n) is 4.11. The molecule has 3 aromatic rings. The Balaban J connectivity index is 1.44. The molecule has 1 aliphatic rings. The van der Waals surface area contributed by atoms with Gasteiger partial charge in [0.2, 0.25) is 5.91 Å². The lowest BCUT2D eigenvalue weighted by Crippen LogP contribution is -2.43. The molecular formula is C26H30N4O4. The molecule has 8 nitrogen and oxygen atoms in total. The van der Waals surface area contributed by atoms with Gasteiger partial charge in [-0.3, -0.25) is 4.79 Å². The number of hydrogen-bond donors (Lipinski definition) is 1. The molecule has 1 N–H and O–H groups in total. The second-order valence-electron chi connectivity index (χ2n) is 8.23. The van der Waals surface area contributed by atoms with Crippen molar-refractivity contribution in [2.45, 2.75) is 26.3 Å². The van der Waals surface area contributed by atoms with Gasteiger partial charge in [0, 0.05) is 37.6 Å². The molecule has 0 saturated carbocycles. The highest BCUT2D eigenvalue weighted by molar-refractivity contribution is 5.79. The molecule has 1 aliphatic heterocycles. The smallest absolute Gasteiger partial charge is 0.263 e. The number of rotatable bonds is 8. The van der Waals surface area contributed by atoms with Crippen LogP contribution in [-0.4, -0.2) is 43.2 Å². The second kappa shape index (κ2) is 10.9. The highest BCUT2D eigenvalue weighted by Gasteiger charge is 2.28. The Kier molecular flexibility index (Phi) is 7.47. The largest absolute Gasteiger partial charge is 0.497 e. The van der Waals surface area contributed by atoms with Crippen LogP contribution < -0.4 is 24.4 Å². The molecule has 0 spiro atoms. The number of carbonyl (C=O) groups is 1. The third-order valence-corrected chi connectivity index (χ3v) is 5.98. The number of benzene rings is 2. The molecule has 2 aromatic carbocycles. The maximum Gasteiger partial charge on any atom is 0.263 e. The summed E-state index contributed by atoms with van der Waals surface area (Å²) in [6, 6.07) is 13.3. The summed E-state index contributed by atoms with van der Waals surface area (Å²) in [5, 5.41) is 3.06. The van der Waals surface area contributed by atoms with E-state index in [4.69, 9.17) is 14.2 Å². The van der Waals surface area contributed by atoms with Crippen molar-refractivity contribution in [3.63, 3.8) is 0 Å². The molecule has 0 bridgehead atoms. The number of aromatic nitrogens is 2. The number of anilines is 1. The van der Waals surface area contributed by atoms with E-state index in [0.29, 0.717) is 30.5 Å². The van der Waals surface area contributed by atoms with E-state index in [1.165, 1.54) is 0 Å². The van der Waals surface area contributed by atoms with Crippen molar-refractivity contribution in [3.8, 4) is 23.1 Å². The normalized spacial score (nSPS) is 15.5. The summed E-state index contributed by atoms with van der Waals surface area (Å²) in [6.45, 7) is 3.69. The van der Waals surface area contributed by atoms with E-state index in [0.717, 1.165) is 42.0 Å². The lowest BCUT2D eigenvalue weighted by molar-refractivity contribution is -0.125. The first-order chi connectivity index (χ1) is 16.6. The number of piperidine rings is 1. The number of ether oxygens (including phenoxy) is 3. The van der Waals surface area contributed by atoms with Gasteiger partial charge in [0.25, 0.3) is 5.88 Å². The Morgan fingerprint density at radius 2 is 1.91 bits per heavy atom. The first-order valence-electron chi connectivity index (χ1n) is 11.4. The van der Waals surface area contributed by atoms with Crippen molar-refractivity contribution < 1.29 is 19.0 Å². The van der Waals surface area contributed by atoms with Crippen LogP contribution in [0.3, 0.4) is 0 Å². The molecule has 34 heavy (non-hydrogen) atoms. The topological polar surface area (TPSA) is 85.8 Å². The minimum absolute atomic E-state index is 0.000152. The molecule has 0 aliphatic carbocycles. The van der Waals surface area contributed by atoms with Gasteiger partial charge >= 0.3 is 0 Å². The van der Waals surface area contributed by atoms with Crippen LogP contribution in [-0.2, 0) is 11.3 Å². The first kappa shape index (κ1) is 23.4. The molecule has 2 heterocycles. The number of hydrogen-bond acceptors (Lipinski definition) is 7. The summed E-state index contributed by atoms with van der Waals surface area (Å²) < 4.78 is 16.8. The summed E-state index contributed by atoms with van der Waals surface area (Å²) in [4.78, 5) is 24.1. The molecule has 0 radical (unpaired) electrons. The molecular weight excluding hydrogens is 432 g/mol. The third-order valence-electron chi connectivity index (χ3n) is 5.98. The minimum Gasteiger partial charge on any atom is -0.497 e. The highest BCUT2D eigenvalue weighted by atomic mass is 16.5. The second-order valence-corrected chi connectivity index (χ2v) is 8.23. The fraction of sp³-hybridized carbons (Fsp3) is 0.346. The summed E-state index contributed by atoms with van der Waals surface area (Å²) in [7, 11) is 3.23. The van der Waals surface area contributed by atoms with E-state index < -0.39 is 0 Å². The summed E-state index contributed by atoms with van der Waals surface area (Å²) in [6.07, 6.45) is 4.96. The van der Waals surface area contributed by atoms with E-state index in [2.05, 4.69) is 20.2 Å². The number of para-hydroxylation sites is 1. The number of carbonyl (C=O) groups excluding carboxylic acids is 1. The van der Waals surface area contributed by atoms with Gasteiger partial charge < -0.3 is 24.4 Å². The first-order valence-corrected chi connectivity index (χ1v) is 11.4. The zero-order valence-electron chi connectivity index (χ0n) is 19.8. The van der Waals surface area contributed by atoms with Crippen molar-refractivity contribution in [1.29, 1.82) is 0 Å². The summed E-state index contributed by atoms with van der Waals surface area (Å²) in [5.74, 6) is 3.10. The van der Waals surface area contributed by atoms with Crippen LogP contribution in [0.15, 0.2) is 54.9 Å². The number of nitrogens with one attached hydrogen (secondary N) is 1. The zero-order chi connectivity index (χ0) is 23.9. The average molecular weight is 463 g/mol. The van der Waals surface area contributed by atoms with Crippen molar-refractivity contribution in [2.24, 2.45) is 5.92 Å². The van der Waals surface area contributed by atoms with Gasteiger partial charge in [-0.15, -0.1) is 0 Å². The predicted molar refractivity (Wildman–Crippen MR) is 130 cm³/mol. The van der Waals surface area contributed by atoms with Gasteiger partial charge in [0.1, 0.15) is 17.2 Å². The van der Waals surface area contributed by atoms with Crippen molar-refractivity contribution >= 4 is 11.7 Å². The number of methoxy groups -OCH3 is 2.